The van der Waals surface area contributed by atoms with Crippen molar-refractivity contribution in [2.75, 3.05) is 32.0 Å². The third kappa shape index (κ3) is 3.61. The van der Waals surface area contributed by atoms with Gasteiger partial charge in [-0.15, -0.1) is 0 Å². The Kier molecular flexibility index (Phi) is 4.66. The number of piperidine rings is 1. The summed E-state index contributed by atoms with van der Waals surface area (Å²) in [6, 6.07) is 5.14. The van der Waals surface area contributed by atoms with Crippen LogP contribution in [0.15, 0.2) is 18.2 Å². The number of benzene rings is 1. The van der Waals surface area contributed by atoms with Gasteiger partial charge in [-0.1, -0.05) is 17.7 Å². The topological polar surface area (TPSA) is 52.6 Å². The number of hydrogen-bond acceptors (Lipinski definition) is 3. The molecule has 0 bridgehead atoms. The standard InChI is InChI=1S/C14H19ClN2O2/c1-17-7-5-10(6-8-17)9-16-12-4-2-3-11(15)13(12)14(18)19/h2-4,10,16H,5-9H2,1H3,(H,18,19). The fourth-order valence-corrected chi connectivity index (χ4v) is 2.66. The number of halogens is 1. The largest absolute Gasteiger partial charge is 0.478 e. The molecule has 0 aliphatic carbocycles. The Morgan fingerprint density at radius 3 is 2.79 bits per heavy atom. The number of carboxylic acid groups (broad SMARTS) is 1. The van der Waals surface area contributed by atoms with Crippen molar-refractivity contribution in [3.05, 3.63) is 28.8 Å². The van der Waals surface area contributed by atoms with Crippen LogP contribution in [0.2, 0.25) is 5.02 Å². The molecule has 1 aromatic carbocycles. The second-order valence-electron chi connectivity index (χ2n) is 5.10. The summed E-state index contributed by atoms with van der Waals surface area (Å²) in [6.07, 6.45) is 2.29. The van der Waals surface area contributed by atoms with Gasteiger partial charge in [0.25, 0.3) is 0 Å². The van der Waals surface area contributed by atoms with Crippen LogP contribution >= 0.6 is 11.6 Å². The molecule has 0 spiro atoms. The van der Waals surface area contributed by atoms with Crippen molar-refractivity contribution in [3.63, 3.8) is 0 Å². The monoisotopic (exact) mass is 282 g/mol. The minimum atomic E-state index is -0.989. The highest BCUT2D eigenvalue weighted by molar-refractivity contribution is 6.34. The number of hydrogen-bond donors (Lipinski definition) is 2. The molecule has 104 valence electrons. The van der Waals surface area contributed by atoms with Crippen molar-refractivity contribution >= 4 is 23.3 Å². The summed E-state index contributed by atoms with van der Waals surface area (Å²) in [5, 5.41) is 12.7. The third-order valence-corrected chi connectivity index (χ3v) is 3.96. The molecular weight excluding hydrogens is 264 g/mol. The smallest absolute Gasteiger partial charge is 0.339 e. The molecule has 2 N–H and O–H groups in total. The summed E-state index contributed by atoms with van der Waals surface area (Å²) in [5.41, 5.74) is 0.774. The van der Waals surface area contributed by atoms with Crippen LogP contribution in [0.3, 0.4) is 0 Å². The number of carbonyl (C=O) groups is 1. The number of carboxylic acids is 1. The van der Waals surface area contributed by atoms with E-state index in [1.165, 1.54) is 0 Å². The molecule has 1 saturated heterocycles. The molecule has 19 heavy (non-hydrogen) atoms. The van der Waals surface area contributed by atoms with E-state index in [-0.39, 0.29) is 10.6 Å². The zero-order valence-corrected chi connectivity index (χ0v) is 11.8. The number of rotatable bonds is 4. The van der Waals surface area contributed by atoms with E-state index in [1.54, 1.807) is 18.2 Å². The van der Waals surface area contributed by atoms with Gasteiger partial charge in [-0.05, 0) is 51.0 Å². The summed E-state index contributed by atoms with van der Waals surface area (Å²) in [4.78, 5) is 13.5. The quantitative estimate of drug-likeness (QED) is 0.892. The first kappa shape index (κ1) is 14.2. The van der Waals surface area contributed by atoms with Crippen LogP contribution in [0.25, 0.3) is 0 Å². The van der Waals surface area contributed by atoms with Gasteiger partial charge in [0.1, 0.15) is 5.56 Å². The predicted octanol–water partition coefficient (Wildman–Crippen LogP) is 2.79. The van der Waals surface area contributed by atoms with Gasteiger partial charge in [-0.2, -0.15) is 0 Å². The lowest BCUT2D eigenvalue weighted by molar-refractivity contribution is 0.0698. The maximum Gasteiger partial charge on any atom is 0.339 e. The van der Waals surface area contributed by atoms with Crippen LogP contribution in [0.5, 0.6) is 0 Å². The van der Waals surface area contributed by atoms with Crippen LogP contribution in [0, 0.1) is 5.92 Å². The molecule has 0 radical (unpaired) electrons. The molecule has 0 atom stereocenters. The van der Waals surface area contributed by atoms with Crippen LogP contribution < -0.4 is 5.32 Å². The Balaban J connectivity index is 2.00. The molecule has 1 aromatic rings. The van der Waals surface area contributed by atoms with E-state index in [0.29, 0.717) is 11.6 Å². The first-order chi connectivity index (χ1) is 9.08. The lowest BCUT2D eigenvalue weighted by Crippen LogP contribution is -2.33. The van der Waals surface area contributed by atoms with Crippen molar-refractivity contribution in [1.29, 1.82) is 0 Å². The van der Waals surface area contributed by atoms with E-state index >= 15 is 0 Å². The molecule has 0 amide bonds. The normalized spacial score (nSPS) is 17.4. The predicted molar refractivity (Wildman–Crippen MR) is 77.1 cm³/mol. The molecule has 0 saturated carbocycles. The Bertz CT molecular complexity index is 457. The minimum absolute atomic E-state index is 0.164. The van der Waals surface area contributed by atoms with Gasteiger partial charge in [0.05, 0.1) is 10.7 Å². The number of nitrogens with zero attached hydrogens (tertiary/aromatic N) is 1. The van der Waals surface area contributed by atoms with E-state index in [1.807, 2.05) is 0 Å². The zero-order chi connectivity index (χ0) is 13.8. The average molecular weight is 283 g/mol. The lowest BCUT2D eigenvalue weighted by Gasteiger charge is -2.29. The highest BCUT2D eigenvalue weighted by atomic mass is 35.5. The summed E-state index contributed by atoms with van der Waals surface area (Å²) in [5.74, 6) is -0.395. The van der Waals surface area contributed by atoms with Gasteiger partial charge in [-0.25, -0.2) is 4.79 Å². The van der Waals surface area contributed by atoms with E-state index in [2.05, 4.69) is 17.3 Å². The van der Waals surface area contributed by atoms with Crippen molar-refractivity contribution in [2.24, 2.45) is 5.92 Å². The average Bonchev–Trinajstić information content (AvgIpc) is 2.37. The maximum absolute atomic E-state index is 11.2. The third-order valence-electron chi connectivity index (χ3n) is 3.65. The molecule has 5 heteroatoms. The second kappa shape index (κ2) is 6.26. The van der Waals surface area contributed by atoms with Crippen molar-refractivity contribution < 1.29 is 9.90 Å². The van der Waals surface area contributed by atoms with Crippen molar-refractivity contribution in [3.8, 4) is 0 Å². The van der Waals surface area contributed by atoms with Crippen molar-refractivity contribution in [1.82, 2.24) is 4.90 Å². The highest BCUT2D eigenvalue weighted by Crippen LogP contribution is 2.25. The molecule has 1 fully saturated rings. The molecule has 1 aliphatic heterocycles. The van der Waals surface area contributed by atoms with Gasteiger partial charge in [-0.3, -0.25) is 0 Å². The fourth-order valence-electron chi connectivity index (χ4n) is 2.41. The van der Waals surface area contributed by atoms with Gasteiger partial charge in [0, 0.05) is 6.54 Å². The van der Waals surface area contributed by atoms with Gasteiger partial charge < -0.3 is 15.3 Å². The first-order valence-corrected chi connectivity index (χ1v) is 6.90. The van der Waals surface area contributed by atoms with Gasteiger partial charge in [0.2, 0.25) is 0 Å². The van der Waals surface area contributed by atoms with E-state index < -0.39 is 5.97 Å². The number of likely N-dealkylation sites (tertiary alicyclic amines) is 1. The number of anilines is 1. The first-order valence-electron chi connectivity index (χ1n) is 6.52. The maximum atomic E-state index is 11.2. The molecule has 0 unspecified atom stereocenters. The molecule has 1 aliphatic rings. The molecular formula is C14H19ClN2O2. The summed E-state index contributed by atoms with van der Waals surface area (Å²) in [6.45, 7) is 3.01. The minimum Gasteiger partial charge on any atom is -0.478 e. The van der Waals surface area contributed by atoms with E-state index in [9.17, 15) is 9.90 Å². The second-order valence-corrected chi connectivity index (χ2v) is 5.50. The zero-order valence-electron chi connectivity index (χ0n) is 11.0. The highest BCUT2D eigenvalue weighted by Gasteiger charge is 2.18. The lowest BCUT2D eigenvalue weighted by atomic mass is 9.97. The Morgan fingerprint density at radius 1 is 1.47 bits per heavy atom. The SMILES string of the molecule is CN1CCC(CNc2cccc(Cl)c2C(=O)O)CC1. The van der Waals surface area contributed by atoms with Crippen LogP contribution in [0.4, 0.5) is 5.69 Å². The summed E-state index contributed by atoms with van der Waals surface area (Å²) in [7, 11) is 2.13. The molecule has 4 nitrogen and oxygen atoms in total. The molecule has 2 rings (SSSR count). The summed E-state index contributed by atoms with van der Waals surface area (Å²) < 4.78 is 0. The number of aromatic carboxylic acids is 1. The summed E-state index contributed by atoms with van der Waals surface area (Å²) >= 11 is 5.94. The Hall–Kier alpha value is -1.26. The molecule has 0 aromatic heterocycles. The Morgan fingerprint density at radius 2 is 2.16 bits per heavy atom. The van der Waals surface area contributed by atoms with Gasteiger partial charge in [0.15, 0.2) is 0 Å². The van der Waals surface area contributed by atoms with E-state index in [0.717, 1.165) is 32.5 Å². The van der Waals surface area contributed by atoms with Gasteiger partial charge >= 0.3 is 5.97 Å². The molecule has 1 heterocycles. The van der Waals surface area contributed by atoms with Crippen LogP contribution in [0.1, 0.15) is 23.2 Å². The van der Waals surface area contributed by atoms with Crippen molar-refractivity contribution in [2.45, 2.75) is 12.8 Å². The van der Waals surface area contributed by atoms with Crippen LogP contribution in [-0.2, 0) is 0 Å². The van der Waals surface area contributed by atoms with Crippen LogP contribution in [-0.4, -0.2) is 42.7 Å². The van der Waals surface area contributed by atoms with E-state index in [4.69, 9.17) is 11.6 Å². The Labute approximate surface area is 118 Å². The number of nitrogens with one attached hydrogen (secondary N) is 1. The fraction of sp³-hybridized carbons (Fsp3) is 0.500.